The Morgan fingerprint density at radius 2 is 2.22 bits per heavy atom. The Labute approximate surface area is 114 Å². The highest BCUT2D eigenvalue weighted by Gasteiger charge is 2.18. The number of nitrogens with two attached hydrogens (primary N) is 1. The number of hydrogen-bond donors (Lipinski definition) is 2. The molecular weight excluding hydrogens is 302 g/mol. The van der Waals surface area contributed by atoms with Crippen molar-refractivity contribution in [2.24, 2.45) is 5.73 Å². The van der Waals surface area contributed by atoms with Crippen LogP contribution in [0.15, 0.2) is 16.6 Å². The molecule has 0 aliphatic rings. The maximum absolute atomic E-state index is 10.8. The number of carbonyl (C=O) groups is 1. The number of benzene rings is 1. The summed E-state index contributed by atoms with van der Waals surface area (Å²) in [4.78, 5) is 10.8. The number of ether oxygens (including phenoxy) is 2. The van der Waals surface area contributed by atoms with Crippen molar-refractivity contribution in [3.05, 3.63) is 22.2 Å². The normalized spacial score (nSPS) is 12.0. The standard InChI is InChI=1S/C12H16BrNO4/c1-7(12(15)16)18-11-9(13)5-8(3-4-14)6-10(11)17-2/h5-7H,3-4,14H2,1-2H3,(H,15,16). The van der Waals surface area contributed by atoms with E-state index < -0.39 is 12.1 Å². The van der Waals surface area contributed by atoms with E-state index in [1.165, 1.54) is 14.0 Å². The van der Waals surface area contributed by atoms with Gasteiger partial charge in [0.1, 0.15) is 0 Å². The van der Waals surface area contributed by atoms with Crippen LogP contribution in [0.1, 0.15) is 12.5 Å². The molecule has 0 fully saturated rings. The third kappa shape index (κ3) is 3.61. The summed E-state index contributed by atoms with van der Waals surface area (Å²) < 4.78 is 11.2. The Morgan fingerprint density at radius 3 is 2.72 bits per heavy atom. The number of methoxy groups -OCH3 is 1. The molecule has 6 heteroatoms. The van der Waals surface area contributed by atoms with Gasteiger partial charge in [-0.15, -0.1) is 0 Å². The minimum Gasteiger partial charge on any atom is -0.493 e. The van der Waals surface area contributed by atoms with Crippen LogP contribution in [-0.4, -0.2) is 30.8 Å². The molecular formula is C12H16BrNO4. The van der Waals surface area contributed by atoms with E-state index in [2.05, 4.69) is 15.9 Å². The van der Waals surface area contributed by atoms with Crippen LogP contribution in [0.5, 0.6) is 11.5 Å². The zero-order chi connectivity index (χ0) is 13.7. The molecule has 0 amide bonds. The molecule has 0 aliphatic heterocycles. The molecule has 18 heavy (non-hydrogen) atoms. The van der Waals surface area contributed by atoms with Crippen molar-refractivity contribution in [2.75, 3.05) is 13.7 Å². The molecule has 0 saturated heterocycles. The lowest BCUT2D eigenvalue weighted by Crippen LogP contribution is -2.23. The van der Waals surface area contributed by atoms with Crippen LogP contribution in [-0.2, 0) is 11.2 Å². The number of carboxylic acids is 1. The monoisotopic (exact) mass is 317 g/mol. The molecule has 0 heterocycles. The molecule has 0 aromatic heterocycles. The molecule has 1 aromatic carbocycles. The molecule has 1 rings (SSSR count). The van der Waals surface area contributed by atoms with Crippen molar-refractivity contribution < 1.29 is 19.4 Å². The summed E-state index contributed by atoms with van der Waals surface area (Å²) in [7, 11) is 1.51. The highest BCUT2D eigenvalue weighted by Crippen LogP contribution is 2.37. The SMILES string of the molecule is COc1cc(CCN)cc(Br)c1OC(C)C(=O)O. The first-order valence-electron chi connectivity index (χ1n) is 5.45. The van der Waals surface area contributed by atoms with Gasteiger partial charge in [0, 0.05) is 0 Å². The Balaban J connectivity index is 3.06. The second kappa shape index (κ2) is 6.61. The molecule has 3 N–H and O–H groups in total. The van der Waals surface area contributed by atoms with Crippen LogP contribution in [0.2, 0.25) is 0 Å². The summed E-state index contributed by atoms with van der Waals surface area (Å²) in [6.07, 6.45) is -0.237. The minimum atomic E-state index is -1.03. The van der Waals surface area contributed by atoms with Crippen molar-refractivity contribution in [2.45, 2.75) is 19.4 Å². The van der Waals surface area contributed by atoms with Crippen molar-refractivity contribution in [1.29, 1.82) is 0 Å². The Bertz CT molecular complexity index is 436. The van der Waals surface area contributed by atoms with E-state index in [4.69, 9.17) is 20.3 Å². The molecule has 5 nitrogen and oxygen atoms in total. The van der Waals surface area contributed by atoms with Crippen molar-refractivity contribution >= 4 is 21.9 Å². The van der Waals surface area contributed by atoms with E-state index >= 15 is 0 Å². The molecule has 0 aliphatic carbocycles. The fraction of sp³-hybridized carbons (Fsp3) is 0.417. The van der Waals surface area contributed by atoms with Crippen LogP contribution in [0, 0.1) is 0 Å². The molecule has 0 spiro atoms. The largest absolute Gasteiger partial charge is 0.493 e. The minimum absolute atomic E-state index is 0.383. The van der Waals surface area contributed by atoms with Crippen molar-refractivity contribution in [3.63, 3.8) is 0 Å². The number of rotatable bonds is 6. The molecule has 0 saturated carbocycles. The van der Waals surface area contributed by atoms with Crippen LogP contribution in [0.4, 0.5) is 0 Å². The smallest absolute Gasteiger partial charge is 0.344 e. The van der Waals surface area contributed by atoms with Crippen LogP contribution in [0.25, 0.3) is 0 Å². The number of hydrogen-bond acceptors (Lipinski definition) is 4. The van der Waals surface area contributed by atoms with E-state index in [-0.39, 0.29) is 0 Å². The fourth-order valence-electron chi connectivity index (χ4n) is 1.43. The van der Waals surface area contributed by atoms with E-state index in [9.17, 15) is 4.79 Å². The molecule has 1 aromatic rings. The van der Waals surface area contributed by atoms with Gasteiger partial charge in [-0.05, 0) is 53.5 Å². The van der Waals surface area contributed by atoms with Gasteiger partial charge in [0.25, 0.3) is 0 Å². The van der Waals surface area contributed by atoms with E-state index in [1.807, 2.05) is 6.07 Å². The van der Waals surface area contributed by atoms with E-state index in [0.29, 0.717) is 28.9 Å². The number of halogens is 1. The van der Waals surface area contributed by atoms with Gasteiger partial charge in [-0.1, -0.05) is 0 Å². The van der Waals surface area contributed by atoms with Gasteiger partial charge in [-0.2, -0.15) is 0 Å². The van der Waals surface area contributed by atoms with Gasteiger partial charge in [0.15, 0.2) is 17.6 Å². The average Bonchev–Trinajstić information content (AvgIpc) is 2.32. The third-order valence-electron chi connectivity index (χ3n) is 2.36. The lowest BCUT2D eigenvalue weighted by molar-refractivity contribution is -0.144. The summed E-state index contributed by atoms with van der Waals surface area (Å²) in [6.45, 7) is 1.99. The van der Waals surface area contributed by atoms with Crippen LogP contribution < -0.4 is 15.2 Å². The average molecular weight is 318 g/mol. The zero-order valence-electron chi connectivity index (χ0n) is 10.3. The van der Waals surface area contributed by atoms with Gasteiger partial charge in [-0.25, -0.2) is 4.79 Å². The van der Waals surface area contributed by atoms with Gasteiger partial charge >= 0.3 is 5.97 Å². The summed E-state index contributed by atoms with van der Waals surface area (Å²) in [5, 5.41) is 8.84. The summed E-state index contributed by atoms with van der Waals surface area (Å²) in [5.41, 5.74) is 6.49. The van der Waals surface area contributed by atoms with Crippen molar-refractivity contribution in [3.8, 4) is 11.5 Å². The Kier molecular flexibility index (Phi) is 5.43. The van der Waals surface area contributed by atoms with Gasteiger partial charge in [0.2, 0.25) is 0 Å². The summed E-state index contributed by atoms with van der Waals surface area (Å²) in [5.74, 6) is -0.163. The predicted octanol–water partition coefficient (Wildman–Crippen LogP) is 1.81. The molecule has 1 unspecified atom stereocenters. The third-order valence-corrected chi connectivity index (χ3v) is 2.95. The number of aliphatic carboxylic acids is 1. The first kappa shape index (κ1) is 14.8. The fourth-order valence-corrected chi connectivity index (χ4v) is 2.01. The second-order valence-electron chi connectivity index (χ2n) is 3.75. The zero-order valence-corrected chi connectivity index (χ0v) is 11.9. The van der Waals surface area contributed by atoms with Gasteiger partial charge in [-0.3, -0.25) is 0 Å². The maximum atomic E-state index is 10.8. The molecule has 1 atom stereocenters. The van der Waals surface area contributed by atoms with Gasteiger partial charge < -0.3 is 20.3 Å². The van der Waals surface area contributed by atoms with E-state index in [0.717, 1.165) is 5.56 Å². The molecule has 0 bridgehead atoms. The topological polar surface area (TPSA) is 81.8 Å². The predicted molar refractivity (Wildman–Crippen MR) is 71.2 cm³/mol. The molecule has 0 radical (unpaired) electrons. The van der Waals surface area contributed by atoms with Crippen LogP contribution in [0.3, 0.4) is 0 Å². The molecule has 100 valence electrons. The quantitative estimate of drug-likeness (QED) is 0.836. The second-order valence-corrected chi connectivity index (χ2v) is 4.60. The lowest BCUT2D eigenvalue weighted by atomic mass is 10.1. The number of carboxylic acid groups (broad SMARTS) is 1. The van der Waals surface area contributed by atoms with Gasteiger partial charge in [0.05, 0.1) is 11.6 Å². The Hall–Kier alpha value is -1.27. The Morgan fingerprint density at radius 1 is 1.56 bits per heavy atom. The maximum Gasteiger partial charge on any atom is 0.344 e. The first-order valence-corrected chi connectivity index (χ1v) is 6.24. The van der Waals surface area contributed by atoms with E-state index in [1.54, 1.807) is 6.07 Å². The van der Waals surface area contributed by atoms with Crippen LogP contribution >= 0.6 is 15.9 Å². The highest BCUT2D eigenvalue weighted by molar-refractivity contribution is 9.10. The summed E-state index contributed by atoms with van der Waals surface area (Å²) in [6, 6.07) is 3.64. The first-order chi connectivity index (χ1) is 8.49. The summed E-state index contributed by atoms with van der Waals surface area (Å²) >= 11 is 3.35. The van der Waals surface area contributed by atoms with Crippen molar-refractivity contribution in [1.82, 2.24) is 0 Å². The lowest BCUT2D eigenvalue weighted by Gasteiger charge is -2.16. The highest BCUT2D eigenvalue weighted by atomic mass is 79.9.